The topological polar surface area (TPSA) is 37.4 Å². The third-order valence-corrected chi connectivity index (χ3v) is 4.40. The monoisotopic (exact) mass is 253 g/mol. The molecule has 0 aromatic carbocycles. The Kier molecular flexibility index (Phi) is 3.71. The zero-order valence-corrected chi connectivity index (χ0v) is 10.8. The highest BCUT2D eigenvalue weighted by Crippen LogP contribution is 2.22. The third kappa shape index (κ3) is 2.85. The highest BCUT2D eigenvalue weighted by atomic mass is 32.1. The van der Waals surface area contributed by atoms with E-state index < -0.39 is 0 Å². The van der Waals surface area contributed by atoms with Crippen LogP contribution in [0.4, 0.5) is 0 Å². The Labute approximate surface area is 106 Å². The maximum absolute atomic E-state index is 5.89. The molecule has 2 atom stereocenters. The van der Waals surface area contributed by atoms with Crippen LogP contribution < -0.4 is 5.32 Å². The fraction of sp³-hybridized carbons (Fsp3) is 0.750. The van der Waals surface area contributed by atoms with Gasteiger partial charge in [-0.3, -0.25) is 9.88 Å². The lowest BCUT2D eigenvalue weighted by Crippen LogP contribution is -2.49. The molecule has 17 heavy (non-hydrogen) atoms. The minimum atomic E-state index is 0.359. The summed E-state index contributed by atoms with van der Waals surface area (Å²) < 4.78 is 5.89. The number of hydrogen-bond acceptors (Lipinski definition) is 5. The van der Waals surface area contributed by atoms with Crippen molar-refractivity contribution in [2.45, 2.75) is 31.5 Å². The Morgan fingerprint density at radius 1 is 1.59 bits per heavy atom. The molecule has 2 aliphatic heterocycles. The first-order chi connectivity index (χ1) is 8.42. The Bertz CT molecular complexity index is 344. The second-order valence-electron chi connectivity index (χ2n) is 4.84. The van der Waals surface area contributed by atoms with Crippen LogP contribution in [0.1, 0.15) is 17.7 Å². The van der Waals surface area contributed by atoms with Gasteiger partial charge in [0.2, 0.25) is 0 Å². The van der Waals surface area contributed by atoms with Crippen molar-refractivity contribution >= 4 is 11.3 Å². The molecule has 0 saturated carbocycles. The molecule has 0 radical (unpaired) electrons. The average Bonchev–Trinajstić information content (AvgIpc) is 2.98. The molecule has 1 aromatic heterocycles. The first kappa shape index (κ1) is 11.6. The van der Waals surface area contributed by atoms with Crippen LogP contribution in [0.25, 0.3) is 0 Å². The van der Waals surface area contributed by atoms with Crippen molar-refractivity contribution in [2.75, 3.05) is 26.2 Å². The van der Waals surface area contributed by atoms with E-state index in [4.69, 9.17) is 4.74 Å². The van der Waals surface area contributed by atoms with E-state index in [0.29, 0.717) is 12.1 Å². The summed E-state index contributed by atoms with van der Waals surface area (Å²) in [5.74, 6) is 0. The average molecular weight is 253 g/mol. The lowest BCUT2D eigenvalue weighted by Gasteiger charge is -2.35. The number of aromatic nitrogens is 1. The van der Waals surface area contributed by atoms with Gasteiger partial charge in [0, 0.05) is 36.8 Å². The van der Waals surface area contributed by atoms with Crippen LogP contribution in [0, 0.1) is 0 Å². The Balaban J connectivity index is 1.40. The van der Waals surface area contributed by atoms with Crippen LogP contribution in [0.2, 0.25) is 0 Å². The maximum atomic E-state index is 5.89. The zero-order valence-electron chi connectivity index (χ0n) is 9.97. The van der Waals surface area contributed by atoms with Crippen LogP contribution in [-0.2, 0) is 11.3 Å². The molecule has 5 heteroatoms. The van der Waals surface area contributed by atoms with Gasteiger partial charge < -0.3 is 10.1 Å². The number of morpholine rings is 1. The van der Waals surface area contributed by atoms with E-state index >= 15 is 0 Å². The summed E-state index contributed by atoms with van der Waals surface area (Å²) in [5.41, 5.74) is 1.88. The van der Waals surface area contributed by atoms with Crippen LogP contribution in [-0.4, -0.2) is 48.3 Å². The Morgan fingerprint density at radius 2 is 2.59 bits per heavy atom. The smallest absolute Gasteiger partial charge is 0.0827 e. The van der Waals surface area contributed by atoms with Crippen molar-refractivity contribution in [2.24, 2.45) is 0 Å². The van der Waals surface area contributed by atoms with Crippen LogP contribution in [0.15, 0.2) is 11.7 Å². The summed E-state index contributed by atoms with van der Waals surface area (Å²) in [6.45, 7) is 5.14. The van der Waals surface area contributed by atoms with E-state index in [0.717, 1.165) is 26.2 Å². The first-order valence-corrected chi connectivity index (χ1v) is 7.23. The zero-order chi connectivity index (χ0) is 11.5. The maximum Gasteiger partial charge on any atom is 0.0827 e. The third-order valence-electron chi connectivity index (χ3n) is 3.62. The van der Waals surface area contributed by atoms with Crippen molar-refractivity contribution in [1.82, 2.24) is 15.2 Å². The number of hydrogen-bond donors (Lipinski definition) is 1. The molecule has 2 unspecified atom stereocenters. The number of nitrogens with one attached hydrogen (secondary N) is 1. The predicted molar refractivity (Wildman–Crippen MR) is 68.2 cm³/mol. The van der Waals surface area contributed by atoms with E-state index in [1.807, 2.05) is 11.7 Å². The molecule has 2 aliphatic rings. The molecule has 0 spiro atoms. The van der Waals surface area contributed by atoms with E-state index in [1.54, 1.807) is 11.3 Å². The second kappa shape index (κ2) is 5.44. The van der Waals surface area contributed by atoms with Gasteiger partial charge in [0.1, 0.15) is 0 Å². The molecular weight excluding hydrogens is 234 g/mol. The van der Waals surface area contributed by atoms with Crippen molar-refractivity contribution < 1.29 is 4.74 Å². The van der Waals surface area contributed by atoms with Gasteiger partial charge in [0.15, 0.2) is 0 Å². The van der Waals surface area contributed by atoms with Gasteiger partial charge in [-0.2, -0.15) is 0 Å². The fourth-order valence-electron chi connectivity index (χ4n) is 2.69. The van der Waals surface area contributed by atoms with Gasteiger partial charge in [-0.15, -0.1) is 11.3 Å². The lowest BCUT2D eigenvalue weighted by atomic mass is 10.2. The minimum Gasteiger partial charge on any atom is -0.374 e. The number of ether oxygens (including phenoxy) is 1. The number of fused-ring (bicyclic) bond motifs is 1. The summed E-state index contributed by atoms with van der Waals surface area (Å²) in [4.78, 5) is 7.95. The molecule has 3 rings (SSSR count). The molecule has 0 amide bonds. The SMILES string of the molecule is c1ncc(CNCC2CN3CCCC3CO2)s1. The normalized spacial score (nSPS) is 29.4. The van der Waals surface area contributed by atoms with E-state index in [9.17, 15) is 0 Å². The Morgan fingerprint density at radius 3 is 3.47 bits per heavy atom. The summed E-state index contributed by atoms with van der Waals surface area (Å²) in [5, 5.41) is 3.46. The first-order valence-electron chi connectivity index (χ1n) is 6.35. The molecule has 2 fully saturated rings. The van der Waals surface area contributed by atoms with Crippen molar-refractivity contribution in [3.8, 4) is 0 Å². The Hall–Kier alpha value is -0.490. The molecule has 4 nitrogen and oxygen atoms in total. The summed E-state index contributed by atoms with van der Waals surface area (Å²) in [7, 11) is 0. The summed E-state index contributed by atoms with van der Waals surface area (Å²) >= 11 is 1.70. The predicted octanol–water partition coefficient (Wildman–Crippen LogP) is 1.10. The van der Waals surface area contributed by atoms with Gasteiger partial charge in [-0.1, -0.05) is 0 Å². The standard InChI is InChI=1S/C12H19N3OS/c1-2-10-8-16-11(7-15(10)3-1)4-13-5-12-6-14-9-17-12/h6,9-11,13H,1-5,7-8H2. The van der Waals surface area contributed by atoms with Crippen LogP contribution in [0.3, 0.4) is 0 Å². The van der Waals surface area contributed by atoms with E-state index in [2.05, 4.69) is 15.2 Å². The molecular formula is C12H19N3OS. The molecule has 0 aliphatic carbocycles. The van der Waals surface area contributed by atoms with Gasteiger partial charge in [-0.05, 0) is 19.4 Å². The minimum absolute atomic E-state index is 0.359. The van der Waals surface area contributed by atoms with Crippen molar-refractivity contribution in [3.63, 3.8) is 0 Å². The van der Waals surface area contributed by atoms with Crippen molar-refractivity contribution in [3.05, 3.63) is 16.6 Å². The summed E-state index contributed by atoms with van der Waals surface area (Å²) in [6.07, 6.45) is 4.95. The van der Waals surface area contributed by atoms with E-state index in [1.165, 1.54) is 24.3 Å². The largest absolute Gasteiger partial charge is 0.374 e. The second-order valence-corrected chi connectivity index (χ2v) is 5.82. The molecule has 2 saturated heterocycles. The van der Waals surface area contributed by atoms with Crippen LogP contribution >= 0.6 is 11.3 Å². The van der Waals surface area contributed by atoms with E-state index in [-0.39, 0.29) is 0 Å². The number of rotatable bonds is 4. The highest BCUT2D eigenvalue weighted by Gasteiger charge is 2.31. The number of nitrogens with zero attached hydrogens (tertiary/aromatic N) is 2. The van der Waals surface area contributed by atoms with Gasteiger partial charge in [0.25, 0.3) is 0 Å². The molecule has 94 valence electrons. The van der Waals surface area contributed by atoms with Gasteiger partial charge in [0.05, 0.1) is 18.2 Å². The fourth-order valence-corrected chi connectivity index (χ4v) is 3.26. The number of thiazole rings is 1. The van der Waals surface area contributed by atoms with Crippen molar-refractivity contribution in [1.29, 1.82) is 0 Å². The summed E-state index contributed by atoms with van der Waals surface area (Å²) in [6, 6.07) is 0.702. The lowest BCUT2D eigenvalue weighted by molar-refractivity contribution is -0.0470. The van der Waals surface area contributed by atoms with Crippen LogP contribution in [0.5, 0.6) is 0 Å². The molecule has 3 heterocycles. The molecule has 1 aromatic rings. The highest BCUT2D eigenvalue weighted by molar-refractivity contribution is 7.09. The van der Waals surface area contributed by atoms with Gasteiger partial charge >= 0.3 is 0 Å². The quantitative estimate of drug-likeness (QED) is 0.872. The molecule has 0 bridgehead atoms. The van der Waals surface area contributed by atoms with Gasteiger partial charge in [-0.25, -0.2) is 0 Å². The molecule has 1 N–H and O–H groups in total.